The molecule has 124 valence electrons. The van der Waals surface area contributed by atoms with E-state index in [-0.39, 0.29) is 5.91 Å². The average molecular weight is 340 g/mol. The Bertz CT molecular complexity index is 875. The largest absolute Gasteiger partial charge is 0.497 e. The summed E-state index contributed by atoms with van der Waals surface area (Å²) in [5, 5.41) is 5.11. The number of hydrogen-bond acceptors (Lipinski definition) is 3. The molecular formula is C19H20N2O2S. The quantitative estimate of drug-likeness (QED) is 0.720. The van der Waals surface area contributed by atoms with Gasteiger partial charge < -0.3 is 14.6 Å². The van der Waals surface area contributed by atoms with Gasteiger partial charge in [0.2, 0.25) is 0 Å². The van der Waals surface area contributed by atoms with Crippen LogP contribution in [0, 0.1) is 0 Å². The van der Waals surface area contributed by atoms with Gasteiger partial charge in [-0.05, 0) is 42.5 Å². The Morgan fingerprint density at radius 1 is 1.25 bits per heavy atom. The number of carbonyl (C=O) groups excluding carboxylic acids is 1. The lowest BCUT2D eigenvalue weighted by Crippen LogP contribution is -2.19. The lowest BCUT2D eigenvalue weighted by Gasteiger charge is -2.17. The molecule has 1 fully saturated rings. The van der Waals surface area contributed by atoms with E-state index in [4.69, 9.17) is 4.74 Å². The molecule has 24 heavy (non-hydrogen) atoms. The van der Waals surface area contributed by atoms with Crippen molar-refractivity contribution in [3.63, 3.8) is 0 Å². The summed E-state index contributed by atoms with van der Waals surface area (Å²) in [5.74, 6) is 0.679. The van der Waals surface area contributed by atoms with Crippen LogP contribution in [0.25, 0.3) is 10.2 Å². The molecule has 1 N–H and O–H groups in total. The molecule has 0 unspecified atom stereocenters. The number of nitrogens with zero attached hydrogens (tertiary/aromatic N) is 1. The molecule has 0 spiro atoms. The summed E-state index contributed by atoms with van der Waals surface area (Å²) < 4.78 is 8.65. The van der Waals surface area contributed by atoms with Gasteiger partial charge in [-0.3, -0.25) is 4.79 Å². The van der Waals surface area contributed by atoms with Gasteiger partial charge in [0.15, 0.2) is 0 Å². The Hall–Kier alpha value is -2.27. The number of ether oxygens (including phenoxy) is 1. The fourth-order valence-corrected chi connectivity index (χ4v) is 4.38. The van der Waals surface area contributed by atoms with E-state index < -0.39 is 0 Å². The molecule has 1 aromatic carbocycles. The van der Waals surface area contributed by atoms with Gasteiger partial charge in [-0.2, -0.15) is 0 Å². The summed E-state index contributed by atoms with van der Waals surface area (Å²) >= 11 is 1.69. The third-order valence-electron chi connectivity index (χ3n) is 4.71. The molecule has 1 saturated carbocycles. The van der Waals surface area contributed by atoms with Crippen LogP contribution >= 0.6 is 11.3 Å². The van der Waals surface area contributed by atoms with Gasteiger partial charge in [-0.15, -0.1) is 11.3 Å². The highest BCUT2D eigenvalue weighted by Gasteiger charge is 2.25. The Labute approximate surface area is 145 Å². The van der Waals surface area contributed by atoms with E-state index in [1.807, 2.05) is 30.3 Å². The number of hydrogen-bond donors (Lipinski definition) is 1. The number of amides is 1. The minimum atomic E-state index is -0.0569. The van der Waals surface area contributed by atoms with Crippen LogP contribution < -0.4 is 10.1 Å². The SMILES string of the molecule is COc1cccc(NC(=O)c2cc3sccc3n2C2CCCC2)c1. The van der Waals surface area contributed by atoms with Gasteiger partial charge in [0.1, 0.15) is 11.4 Å². The van der Waals surface area contributed by atoms with Crippen molar-refractivity contribution in [2.45, 2.75) is 31.7 Å². The molecule has 0 atom stereocenters. The van der Waals surface area contributed by atoms with E-state index in [1.54, 1.807) is 18.4 Å². The monoisotopic (exact) mass is 340 g/mol. The van der Waals surface area contributed by atoms with Crippen molar-refractivity contribution < 1.29 is 9.53 Å². The number of methoxy groups -OCH3 is 1. The highest BCUT2D eigenvalue weighted by atomic mass is 32.1. The minimum Gasteiger partial charge on any atom is -0.497 e. The van der Waals surface area contributed by atoms with Crippen molar-refractivity contribution in [2.24, 2.45) is 0 Å². The van der Waals surface area contributed by atoms with Gasteiger partial charge in [-0.1, -0.05) is 18.9 Å². The first-order valence-corrected chi connectivity index (χ1v) is 9.18. The smallest absolute Gasteiger partial charge is 0.272 e. The number of fused-ring (bicyclic) bond motifs is 1. The van der Waals surface area contributed by atoms with E-state index in [0.29, 0.717) is 6.04 Å². The minimum absolute atomic E-state index is 0.0569. The number of carbonyl (C=O) groups is 1. The van der Waals surface area contributed by atoms with Crippen molar-refractivity contribution in [3.05, 3.63) is 47.5 Å². The maximum Gasteiger partial charge on any atom is 0.272 e. The summed E-state index contributed by atoms with van der Waals surface area (Å²) in [5.41, 5.74) is 2.69. The molecule has 5 heteroatoms. The Morgan fingerprint density at radius 2 is 2.08 bits per heavy atom. The molecule has 1 aliphatic carbocycles. The molecule has 2 aromatic heterocycles. The molecule has 0 radical (unpaired) electrons. The fourth-order valence-electron chi connectivity index (χ4n) is 3.57. The van der Waals surface area contributed by atoms with Crippen molar-refractivity contribution in [1.82, 2.24) is 4.57 Å². The predicted octanol–water partition coefficient (Wildman–Crippen LogP) is 5.08. The van der Waals surface area contributed by atoms with Crippen molar-refractivity contribution in [3.8, 4) is 5.75 Å². The first-order valence-electron chi connectivity index (χ1n) is 8.30. The van der Waals surface area contributed by atoms with E-state index in [0.717, 1.165) is 30.0 Å². The molecule has 0 bridgehead atoms. The summed E-state index contributed by atoms with van der Waals surface area (Å²) in [6.07, 6.45) is 4.79. The summed E-state index contributed by atoms with van der Waals surface area (Å²) in [4.78, 5) is 12.9. The standard InChI is InChI=1S/C19H20N2O2S/c1-23-15-8-4-5-13(11-15)20-19(22)17-12-18-16(9-10-24-18)21(17)14-6-2-3-7-14/h4-5,8-12,14H,2-3,6-7H2,1H3,(H,20,22). The predicted molar refractivity (Wildman–Crippen MR) is 98.3 cm³/mol. The highest BCUT2D eigenvalue weighted by Crippen LogP contribution is 2.36. The zero-order valence-corrected chi connectivity index (χ0v) is 14.4. The van der Waals surface area contributed by atoms with Crippen LogP contribution in [0.2, 0.25) is 0 Å². The first kappa shape index (κ1) is 15.3. The van der Waals surface area contributed by atoms with Crippen molar-refractivity contribution >= 4 is 33.1 Å². The molecule has 3 aromatic rings. The topological polar surface area (TPSA) is 43.3 Å². The number of anilines is 1. The van der Waals surface area contributed by atoms with Gasteiger partial charge in [-0.25, -0.2) is 0 Å². The lowest BCUT2D eigenvalue weighted by atomic mass is 10.2. The Morgan fingerprint density at radius 3 is 2.88 bits per heavy atom. The second-order valence-electron chi connectivity index (χ2n) is 6.19. The summed E-state index contributed by atoms with van der Waals surface area (Å²) in [6, 6.07) is 12.0. The first-order chi connectivity index (χ1) is 11.8. The van der Waals surface area contributed by atoms with E-state index in [1.165, 1.54) is 23.1 Å². The van der Waals surface area contributed by atoms with Crippen LogP contribution in [0.5, 0.6) is 5.75 Å². The highest BCUT2D eigenvalue weighted by molar-refractivity contribution is 7.17. The van der Waals surface area contributed by atoms with Crippen LogP contribution in [0.15, 0.2) is 41.8 Å². The number of aromatic nitrogens is 1. The zero-order valence-electron chi connectivity index (χ0n) is 13.6. The van der Waals surface area contributed by atoms with Crippen molar-refractivity contribution in [1.29, 1.82) is 0 Å². The van der Waals surface area contributed by atoms with E-state index in [9.17, 15) is 4.79 Å². The normalized spacial score (nSPS) is 15.0. The molecule has 1 aliphatic rings. The summed E-state index contributed by atoms with van der Waals surface area (Å²) in [6.45, 7) is 0. The molecule has 2 heterocycles. The molecule has 4 nitrogen and oxygen atoms in total. The number of thiophene rings is 1. The Kier molecular flexibility index (Phi) is 4.02. The molecule has 0 aliphatic heterocycles. The van der Waals surface area contributed by atoms with Crippen LogP contribution in [0.1, 0.15) is 42.2 Å². The molecule has 1 amide bonds. The third kappa shape index (κ3) is 2.69. The van der Waals surface area contributed by atoms with Crippen molar-refractivity contribution in [2.75, 3.05) is 12.4 Å². The maximum atomic E-state index is 12.9. The number of benzene rings is 1. The second kappa shape index (κ2) is 6.32. The molecule has 0 saturated heterocycles. The van der Waals surface area contributed by atoms with Crippen LogP contribution in [0.3, 0.4) is 0 Å². The van der Waals surface area contributed by atoms with Crippen LogP contribution in [-0.4, -0.2) is 17.6 Å². The number of rotatable bonds is 4. The van der Waals surface area contributed by atoms with Gasteiger partial charge in [0.05, 0.1) is 17.3 Å². The summed E-state index contributed by atoms with van der Waals surface area (Å²) in [7, 11) is 1.63. The lowest BCUT2D eigenvalue weighted by molar-refractivity contribution is 0.101. The second-order valence-corrected chi connectivity index (χ2v) is 7.14. The average Bonchev–Trinajstić information content (AvgIpc) is 3.31. The molecule has 4 rings (SSSR count). The third-order valence-corrected chi connectivity index (χ3v) is 5.56. The molecular weight excluding hydrogens is 320 g/mol. The van der Waals surface area contributed by atoms with Crippen LogP contribution in [-0.2, 0) is 0 Å². The van der Waals surface area contributed by atoms with Gasteiger partial charge >= 0.3 is 0 Å². The van der Waals surface area contributed by atoms with Gasteiger partial charge in [0, 0.05) is 17.8 Å². The zero-order chi connectivity index (χ0) is 16.5. The van der Waals surface area contributed by atoms with Gasteiger partial charge in [0.25, 0.3) is 5.91 Å². The van der Waals surface area contributed by atoms with Crippen LogP contribution in [0.4, 0.5) is 5.69 Å². The fraction of sp³-hybridized carbons (Fsp3) is 0.316. The number of nitrogens with one attached hydrogen (secondary N) is 1. The Balaban J connectivity index is 1.68. The van der Waals surface area contributed by atoms with E-state index >= 15 is 0 Å². The maximum absolute atomic E-state index is 12.9. The van der Waals surface area contributed by atoms with E-state index in [2.05, 4.69) is 21.3 Å².